The summed E-state index contributed by atoms with van der Waals surface area (Å²) in [6.07, 6.45) is 2.99. The van der Waals surface area contributed by atoms with Gasteiger partial charge in [0.15, 0.2) is 0 Å². The molecule has 2 rings (SSSR count). The van der Waals surface area contributed by atoms with Crippen molar-refractivity contribution in [1.29, 1.82) is 0 Å². The van der Waals surface area contributed by atoms with E-state index in [0.717, 1.165) is 19.3 Å². The minimum atomic E-state index is -3.35. The van der Waals surface area contributed by atoms with Crippen molar-refractivity contribution in [2.75, 3.05) is 13.1 Å². The molecule has 104 valence electrons. The summed E-state index contributed by atoms with van der Waals surface area (Å²) in [6, 6.07) is 4.82. The van der Waals surface area contributed by atoms with Crippen LogP contribution in [0.5, 0.6) is 0 Å². The zero-order valence-corrected chi connectivity index (χ0v) is 13.2. The Bertz CT molecular complexity index is 513. The van der Waals surface area contributed by atoms with Gasteiger partial charge in [-0.2, -0.15) is 4.31 Å². The van der Waals surface area contributed by atoms with Crippen molar-refractivity contribution in [2.45, 2.75) is 33.9 Å². The van der Waals surface area contributed by atoms with E-state index >= 15 is 0 Å². The van der Waals surface area contributed by atoms with Crippen LogP contribution < -0.4 is 0 Å². The van der Waals surface area contributed by atoms with Crippen LogP contribution in [-0.2, 0) is 26.5 Å². The number of sulfonamides is 1. The summed E-state index contributed by atoms with van der Waals surface area (Å²) in [5.74, 6) is 0. The fourth-order valence-electron chi connectivity index (χ4n) is 1.92. The Labute approximate surface area is 129 Å². The van der Waals surface area contributed by atoms with Crippen molar-refractivity contribution < 1.29 is 24.9 Å². The molecule has 1 aromatic rings. The second kappa shape index (κ2) is 6.66. The quantitative estimate of drug-likeness (QED) is 0.637. The first-order valence-corrected chi connectivity index (χ1v) is 7.87. The molecule has 1 aliphatic rings. The predicted octanol–water partition coefficient (Wildman–Crippen LogP) is 2.44. The van der Waals surface area contributed by atoms with Gasteiger partial charge in [0.05, 0.1) is 4.90 Å². The van der Waals surface area contributed by atoms with Crippen LogP contribution in [0.15, 0.2) is 32.9 Å². The summed E-state index contributed by atoms with van der Waals surface area (Å²) in [5.41, 5.74) is 0. The third kappa shape index (κ3) is 3.45. The van der Waals surface area contributed by atoms with Gasteiger partial charge < -0.3 is 0 Å². The normalized spacial score (nSPS) is 17.2. The number of piperidine rings is 1. The molecule has 1 heterocycles. The van der Waals surface area contributed by atoms with Gasteiger partial charge in [-0.15, -0.1) is 25.3 Å². The maximum absolute atomic E-state index is 12.3. The number of benzene rings is 1. The molecule has 1 saturated heterocycles. The average Bonchev–Trinajstić information content (AvgIpc) is 2.33. The van der Waals surface area contributed by atoms with E-state index in [-0.39, 0.29) is 16.5 Å². The summed E-state index contributed by atoms with van der Waals surface area (Å²) in [6.45, 7) is 1.24. The minimum Gasteiger partial charge on any atom is -0.207 e. The molecule has 0 amide bonds. The Morgan fingerprint density at radius 2 is 1.61 bits per heavy atom. The van der Waals surface area contributed by atoms with E-state index in [9.17, 15) is 8.42 Å². The summed E-state index contributed by atoms with van der Waals surface area (Å²) in [5, 5.41) is 0. The van der Waals surface area contributed by atoms with E-state index in [2.05, 4.69) is 25.3 Å². The van der Waals surface area contributed by atoms with Crippen molar-refractivity contribution in [3.05, 3.63) is 18.2 Å². The first-order valence-electron chi connectivity index (χ1n) is 5.54. The fraction of sp³-hybridized carbons (Fsp3) is 0.455. The smallest absolute Gasteiger partial charge is 0.207 e. The summed E-state index contributed by atoms with van der Waals surface area (Å²) in [7, 11) is -3.35. The molecule has 0 bridgehead atoms. The molecule has 1 aromatic carbocycles. The van der Waals surface area contributed by atoms with E-state index in [4.69, 9.17) is 0 Å². The van der Waals surface area contributed by atoms with Gasteiger partial charge in [-0.05, 0) is 31.0 Å². The van der Waals surface area contributed by atoms with Crippen molar-refractivity contribution in [3.8, 4) is 0 Å². The van der Waals surface area contributed by atoms with Crippen LogP contribution in [-0.4, -0.2) is 25.8 Å². The topological polar surface area (TPSA) is 37.4 Å². The molecule has 0 atom stereocenters. The largest absolute Gasteiger partial charge is 0.243 e. The molecule has 0 aliphatic carbocycles. The molecule has 18 heavy (non-hydrogen) atoms. The predicted molar refractivity (Wildman–Crippen MR) is 73.6 cm³/mol. The Morgan fingerprint density at radius 1 is 1.00 bits per heavy atom. The SMILES string of the molecule is O=S(=O)(c1ccc(S)c(S)c1)N1CCCCC1.[Ni]. The van der Waals surface area contributed by atoms with Gasteiger partial charge in [0, 0.05) is 39.4 Å². The van der Waals surface area contributed by atoms with Gasteiger partial charge >= 0.3 is 0 Å². The van der Waals surface area contributed by atoms with Crippen LogP contribution in [0.25, 0.3) is 0 Å². The van der Waals surface area contributed by atoms with Crippen LogP contribution >= 0.6 is 25.3 Å². The van der Waals surface area contributed by atoms with Crippen molar-refractivity contribution in [1.82, 2.24) is 4.31 Å². The Morgan fingerprint density at radius 3 is 2.17 bits per heavy atom. The van der Waals surface area contributed by atoms with Crippen LogP contribution in [0.2, 0.25) is 0 Å². The number of hydrogen-bond donors (Lipinski definition) is 2. The van der Waals surface area contributed by atoms with Crippen molar-refractivity contribution in [3.63, 3.8) is 0 Å². The number of thiol groups is 2. The average molecular weight is 348 g/mol. The van der Waals surface area contributed by atoms with Gasteiger partial charge in [0.2, 0.25) is 10.0 Å². The fourth-order valence-corrected chi connectivity index (χ4v) is 3.90. The van der Waals surface area contributed by atoms with Gasteiger partial charge in [0.1, 0.15) is 0 Å². The first kappa shape index (κ1) is 16.4. The molecule has 7 heteroatoms. The van der Waals surface area contributed by atoms with E-state index in [1.165, 1.54) is 0 Å². The van der Waals surface area contributed by atoms with Crippen LogP contribution in [0, 0.1) is 0 Å². The monoisotopic (exact) mass is 347 g/mol. The molecule has 0 saturated carbocycles. The summed E-state index contributed by atoms with van der Waals surface area (Å²) < 4.78 is 26.2. The maximum Gasteiger partial charge on any atom is 0.243 e. The molecule has 0 radical (unpaired) electrons. The first-order chi connectivity index (χ1) is 8.01. The second-order valence-corrected chi connectivity index (χ2v) is 7.02. The zero-order chi connectivity index (χ0) is 12.5. The Hall–Kier alpha value is 0.324. The molecule has 3 nitrogen and oxygen atoms in total. The summed E-state index contributed by atoms with van der Waals surface area (Å²) in [4.78, 5) is 1.58. The third-order valence-corrected chi connectivity index (χ3v) is 5.73. The Kier molecular flexibility index (Phi) is 6.06. The molecule has 0 aromatic heterocycles. The molecule has 0 spiro atoms. The number of rotatable bonds is 2. The van der Waals surface area contributed by atoms with E-state index in [0.29, 0.717) is 27.8 Å². The van der Waals surface area contributed by atoms with E-state index in [1.54, 1.807) is 22.5 Å². The van der Waals surface area contributed by atoms with Crippen molar-refractivity contribution >= 4 is 35.3 Å². The van der Waals surface area contributed by atoms with Gasteiger partial charge in [-0.3, -0.25) is 0 Å². The van der Waals surface area contributed by atoms with E-state index < -0.39 is 10.0 Å². The Balaban J connectivity index is 0.00000162. The van der Waals surface area contributed by atoms with E-state index in [1.807, 2.05) is 0 Å². The molecule has 0 N–H and O–H groups in total. The van der Waals surface area contributed by atoms with Crippen molar-refractivity contribution in [2.24, 2.45) is 0 Å². The standard InChI is InChI=1S/C11H15NO2S3.Ni/c13-17(14,12-6-2-1-3-7-12)9-4-5-10(15)11(16)8-9;/h4-5,8,15-16H,1-3,6-7H2;. The molecule has 0 unspecified atom stereocenters. The molecular weight excluding hydrogens is 333 g/mol. The number of hydrogen-bond acceptors (Lipinski definition) is 4. The second-order valence-electron chi connectivity index (χ2n) is 4.12. The van der Waals surface area contributed by atoms with Gasteiger partial charge in [0.25, 0.3) is 0 Å². The van der Waals surface area contributed by atoms with Gasteiger partial charge in [-0.1, -0.05) is 6.42 Å². The number of nitrogens with zero attached hydrogens (tertiary/aromatic N) is 1. The molecular formula is C11H15NNiO2S3. The molecule has 1 fully saturated rings. The minimum absolute atomic E-state index is 0. The van der Waals surface area contributed by atoms with Gasteiger partial charge in [-0.25, -0.2) is 8.42 Å². The van der Waals surface area contributed by atoms with Crippen LogP contribution in [0.1, 0.15) is 19.3 Å². The van der Waals surface area contributed by atoms with Crippen LogP contribution in [0.3, 0.4) is 0 Å². The third-order valence-electron chi connectivity index (χ3n) is 2.90. The summed E-state index contributed by atoms with van der Waals surface area (Å²) >= 11 is 8.39. The van der Waals surface area contributed by atoms with Crippen LogP contribution in [0.4, 0.5) is 0 Å². The zero-order valence-electron chi connectivity index (χ0n) is 9.65. The maximum atomic E-state index is 12.3. The molecule has 1 aliphatic heterocycles.